The average molecular weight is 971 g/mol. The van der Waals surface area contributed by atoms with E-state index < -0.39 is 83.8 Å². The van der Waals surface area contributed by atoms with Crippen LogP contribution in [-0.4, -0.2) is 149 Å². The number of hydrogen-bond acceptors (Lipinski definition) is 15. The molecule has 18 atom stereocenters. The lowest BCUT2D eigenvalue weighted by atomic mass is 9.72. The normalized spacial score (nSPS) is 40.7. The summed E-state index contributed by atoms with van der Waals surface area (Å²) in [6.07, 6.45) is -0.790. The Morgan fingerprint density at radius 1 is 0.943 bits per heavy atom. The number of aliphatic hydroxyl groups excluding tert-OH is 2. The highest BCUT2D eigenvalue weighted by atomic mass is 16.7. The van der Waals surface area contributed by atoms with Crippen molar-refractivity contribution in [3.63, 3.8) is 0 Å². The Kier molecular flexibility index (Phi) is 15.7. The van der Waals surface area contributed by atoms with E-state index in [0.29, 0.717) is 19.3 Å². The zero-order valence-corrected chi connectivity index (χ0v) is 43.2. The van der Waals surface area contributed by atoms with Crippen LogP contribution in [0.15, 0.2) is 71.9 Å². The smallest absolute Gasteiger partial charge is 0.311 e. The van der Waals surface area contributed by atoms with E-state index in [1.807, 2.05) is 108 Å². The molecule has 4 fully saturated rings. The molecule has 8 rings (SSSR count). The van der Waals surface area contributed by atoms with Crippen molar-refractivity contribution in [2.24, 2.45) is 28.7 Å². The van der Waals surface area contributed by atoms with Crippen LogP contribution in [0.3, 0.4) is 0 Å². The van der Waals surface area contributed by atoms with E-state index in [9.17, 15) is 15.3 Å². The quantitative estimate of drug-likeness (QED) is 0.171. The van der Waals surface area contributed by atoms with Crippen LogP contribution in [0.2, 0.25) is 0 Å². The van der Waals surface area contributed by atoms with Crippen molar-refractivity contribution in [1.29, 1.82) is 0 Å². The fraction of sp³-hybridized carbons (Fsp3) is 0.655. The lowest BCUT2D eigenvalue weighted by Gasteiger charge is -2.50. The van der Waals surface area contributed by atoms with Crippen LogP contribution in [0.4, 0.5) is 11.4 Å². The molecular formula is C55H78N4O11. The minimum Gasteiger partial charge on any atom is -0.459 e. The third kappa shape index (κ3) is 10.4. The monoisotopic (exact) mass is 971 g/mol. The number of para-hydroxylation sites is 3. The summed E-state index contributed by atoms with van der Waals surface area (Å²) in [5, 5.41) is 35.6. The van der Waals surface area contributed by atoms with Crippen LogP contribution in [0.25, 0.3) is 17.0 Å². The molecule has 2 aromatic carbocycles. The van der Waals surface area contributed by atoms with Crippen molar-refractivity contribution >= 4 is 40.0 Å². The van der Waals surface area contributed by atoms with Crippen LogP contribution in [-0.2, 0) is 38.0 Å². The predicted octanol–water partition coefficient (Wildman–Crippen LogP) is 7.44. The molecule has 0 unspecified atom stereocenters. The second-order valence-electron chi connectivity index (χ2n) is 21.8. The van der Waals surface area contributed by atoms with Crippen LogP contribution in [0.5, 0.6) is 0 Å². The number of carbonyl (C=O) groups excluding carboxylic acids is 1. The first kappa shape index (κ1) is 52.5. The van der Waals surface area contributed by atoms with Crippen LogP contribution < -0.4 is 4.90 Å². The molecule has 0 radical (unpaired) electrons. The second-order valence-corrected chi connectivity index (χ2v) is 21.8. The first-order valence-electron chi connectivity index (χ1n) is 25.5. The Labute approximate surface area is 414 Å². The molecule has 15 nitrogen and oxygen atoms in total. The molecule has 3 N–H and O–H groups in total. The Balaban J connectivity index is 1.28. The van der Waals surface area contributed by atoms with Gasteiger partial charge in [0.15, 0.2) is 12.6 Å². The number of anilines is 1. The summed E-state index contributed by atoms with van der Waals surface area (Å²) in [7, 11) is 3.87. The number of fused-ring (bicyclic) bond motifs is 4. The van der Waals surface area contributed by atoms with Gasteiger partial charge in [0.1, 0.15) is 30.6 Å². The van der Waals surface area contributed by atoms with Crippen molar-refractivity contribution < 1.29 is 53.3 Å². The zero-order chi connectivity index (χ0) is 50.4. The van der Waals surface area contributed by atoms with Gasteiger partial charge in [0, 0.05) is 41.6 Å². The van der Waals surface area contributed by atoms with Gasteiger partial charge in [-0.15, -0.1) is 0 Å². The highest BCUT2D eigenvalue weighted by molar-refractivity contribution is 5.95. The van der Waals surface area contributed by atoms with Gasteiger partial charge in [-0.1, -0.05) is 70.2 Å². The Morgan fingerprint density at radius 3 is 2.40 bits per heavy atom. The standard InChI is InChI=1S/C55H78N4O11/c1-13-43-55(10)48-33(4)45(57-40-22-16-17-23-41(40)59(48)30-65-55)31(2)27-54(9,64-24-18-19-37-26-38-20-14-15-21-39(38)56-29-37)50(70-52-46(60)42(58(11)12)25-32(3)66-52)34(5)47(35(6)51(62)68-43)69-44-28-53(8,63)49(61)36(7)67-44/h14-23,26,29,31-36,42-44,46-50,52,60-61,63H,13,24-25,27-28,30H2,1-12H3/b19-18-/t31-,32-,33+,34+,35-,36+,42+,43-,44+,46-,47+,48-,49+,50-,52+,53-,54+,55-/m1/s1. The fourth-order valence-electron chi connectivity index (χ4n) is 12.3. The van der Waals surface area contributed by atoms with E-state index in [1.54, 1.807) is 20.8 Å². The lowest BCUT2D eigenvalue weighted by molar-refractivity contribution is -0.318. The highest BCUT2D eigenvalue weighted by Crippen LogP contribution is 2.49. The third-order valence-electron chi connectivity index (χ3n) is 16.1. The number of benzene rings is 2. The van der Waals surface area contributed by atoms with Gasteiger partial charge in [0.05, 0.1) is 71.1 Å². The fourth-order valence-corrected chi connectivity index (χ4v) is 12.3. The largest absolute Gasteiger partial charge is 0.459 e. The van der Waals surface area contributed by atoms with Crippen LogP contribution in [0.1, 0.15) is 100 Å². The van der Waals surface area contributed by atoms with Gasteiger partial charge in [-0.3, -0.25) is 14.8 Å². The van der Waals surface area contributed by atoms with Gasteiger partial charge in [0.2, 0.25) is 0 Å². The number of cyclic esters (lactones) is 1. The van der Waals surface area contributed by atoms with Gasteiger partial charge in [-0.2, -0.15) is 0 Å². The molecule has 6 heterocycles. The van der Waals surface area contributed by atoms with Gasteiger partial charge in [0.25, 0.3) is 0 Å². The molecule has 5 aliphatic rings. The number of rotatable bonds is 10. The molecule has 4 saturated heterocycles. The topological polar surface area (TPSA) is 174 Å². The minimum atomic E-state index is -1.55. The molecule has 1 aromatic heterocycles. The molecule has 0 spiro atoms. The van der Waals surface area contributed by atoms with Gasteiger partial charge in [-0.05, 0) is 111 Å². The number of nitrogens with zero attached hydrogens (tertiary/aromatic N) is 4. The summed E-state index contributed by atoms with van der Waals surface area (Å²) in [5.41, 5.74) is 0.818. The first-order chi connectivity index (χ1) is 33.1. The number of aromatic nitrogens is 1. The zero-order valence-electron chi connectivity index (χ0n) is 43.2. The summed E-state index contributed by atoms with van der Waals surface area (Å²) < 4.78 is 47.9. The maximum atomic E-state index is 15.1. The Bertz CT molecular complexity index is 2360. The number of aliphatic hydroxyl groups is 3. The second kappa shape index (κ2) is 20.9. The predicted molar refractivity (Wildman–Crippen MR) is 269 cm³/mol. The number of likely N-dealkylation sites (N-methyl/N-ethyl adjacent to an activating group) is 1. The molecule has 0 saturated carbocycles. The molecule has 0 aliphatic carbocycles. The number of pyridine rings is 1. The number of carbonyl (C=O) groups is 1. The molecule has 70 heavy (non-hydrogen) atoms. The van der Waals surface area contributed by atoms with E-state index in [4.69, 9.17) is 38.2 Å². The molecule has 384 valence electrons. The maximum absolute atomic E-state index is 15.1. The van der Waals surface area contributed by atoms with Crippen molar-refractivity contribution in [1.82, 2.24) is 9.88 Å². The molecule has 15 heteroatoms. The summed E-state index contributed by atoms with van der Waals surface area (Å²) in [4.78, 5) is 29.5. The summed E-state index contributed by atoms with van der Waals surface area (Å²) >= 11 is 0. The Hall–Kier alpha value is -3.87. The van der Waals surface area contributed by atoms with Crippen LogP contribution >= 0.6 is 0 Å². The Morgan fingerprint density at radius 2 is 1.67 bits per heavy atom. The molecule has 3 aromatic rings. The van der Waals surface area contributed by atoms with Gasteiger partial charge >= 0.3 is 5.97 Å². The van der Waals surface area contributed by atoms with E-state index in [-0.39, 0.29) is 49.8 Å². The molecule has 5 aliphatic heterocycles. The third-order valence-corrected chi connectivity index (χ3v) is 16.1. The first-order valence-corrected chi connectivity index (χ1v) is 25.5. The van der Waals surface area contributed by atoms with Crippen molar-refractivity contribution in [3.05, 3.63) is 72.4 Å². The van der Waals surface area contributed by atoms with Crippen molar-refractivity contribution in [3.8, 4) is 0 Å². The highest BCUT2D eigenvalue weighted by Gasteiger charge is 2.58. The van der Waals surface area contributed by atoms with Crippen LogP contribution in [0, 0.1) is 23.7 Å². The maximum Gasteiger partial charge on any atom is 0.311 e. The van der Waals surface area contributed by atoms with Crippen molar-refractivity contribution in [2.45, 2.75) is 179 Å². The molecular weight excluding hydrogens is 893 g/mol. The number of esters is 1. The van der Waals surface area contributed by atoms with Gasteiger partial charge < -0.3 is 58.3 Å². The summed E-state index contributed by atoms with van der Waals surface area (Å²) in [6.45, 7) is 19.9. The van der Waals surface area contributed by atoms with E-state index in [1.165, 1.54) is 0 Å². The average Bonchev–Trinajstić information content (AvgIpc) is 3.61. The molecule has 2 bridgehead atoms. The van der Waals surface area contributed by atoms with E-state index in [0.717, 1.165) is 33.6 Å². The van der Waals surface area contributed by atoms with Gasteiger partial charge in [-0.25, -0.2) is 0 Å². The minimum absolute atomic E-state index is 0.0694. The molecule has 0 amide bonds. The number of aliphatic imine (C=N–C) groups is 1. The number of hydrogen-bond donors (Lipinski definition) is 3. The lowest BCUT2D eigenvalue weighted by Crippen LogP contribution is -2.61. The SMILES string of the molecule is CC[C@H]1OC(=O)[C@H](C)[C@@H](O[C@H]2C[C@@](C)(O)[C@@H](O)[C@H](C)O2)[C@H](C)[C@@H](O[C@@H]2O[C@H](C)C[C@H](N(C)C)[C@H]2O)[C@@](C)(OC/C=C\c2cnc3ccccc3c2)C[C@@H](C)C2=Nc3ccccc3N3CO[C@@]1(C)[C@H]3[C@H]2C. The van der Waals surface area contributed by atoms with E-state index in [2.05, 4.69) is 42.8 Å². The van der Waals surface area contributed by atoms with Crippen molar-refractivity contribution in [2.75, 3.05) is 32.3 Å². The summed E-state index contributed by atoms with van der Waals surface area (Å²) in [6, 6.07) is 17.6. The summed E-state index contributed by atoms with van der Waals surface area (Å²) in [5.74, 6) is -2.55. The number of ether oxygens (including phenoxy) is 7. The van der Waals surface area contributed by atoms with E-state index >= 15 is 4.79 Å².